The molecule has 1 aromatic carbocycles. The Hall–Kier alpha value is -0.540. The molecule has 0 radical (unpaired) electrons. The van der Waals surface area contributed by atoms with Crippen molar-refractivity contribution in [1.29, 1.82) is 0 Å². The molecule has 0 aliphatic heterocycles. The fourth-order valence-electron chi connectivity index (χ4n) is 1.22. The summed E-state index contributed by atoms with van der Waals surface area (Å²) in [4.78, 5) is 11.5. The van der Waals surface area contributed by atoms with E-state index in [9.17, 15) is 4.79 Å². The molecule has 1 N–H and O–H groups in total. The first-order valence-electron chi connectivity index (χ1n) is 5.27. The molecule has 1 aromatic rings. The van der Waals surface area contributed by atoms with Crippen LogP contribution in [0.4, 0.5) is 0 Å². The minimum absolute atomic E-state index is 0.0152. The van der Waals surface area contributed by atoms with Crippen molar-refractivity contribution in [2.45, 2.75) is 25.1 Å². The number of carbonyl (C=O) groups is 1. The third kappa shape index (κ3) is 4.99. The largest absolute Gasteiger partial charge is 0.354 e. The van der Waals surface area contributed by atoms with E-state index in [0.29, 0.717) is 13.0 Å². The van der Waals surface area contributed by atoms with Crippen LogP contribution in [0, 0.1) is 0 Å². The zero-order valence-electron chi connectivity index (χ0n) is 9.17. The molecule has 0 saturated heterocycles. The summed E-state index contributed by atoms with van der Waals surface area (Å²) in [5, 5.41) is 2.84. The second-order valence-electron chi connectivity index (χ2n) is 3.61. The van der Waals surface area contributed by atoms with E-state index in [1.807, 2.05) is 31.2 Å². The molecule has 0 bridgehead atoms. The Labute approximate surface area is 110 Å². The van der Waals surface area contributed by atoms with Gasteiger partial charge in [0.2, 0.25) is 5.91 Å². The summed E-state index contributed by atoms with van der Waals surface area (Å²) in [5.74, 6) is 0.0152. The third-order valence-electron chi connectivity index (χ3n) is 2.24. The predicted octanol–water partition coefficient (Wildman–Crippen LogP) is 3.13. The average Bonchev–Trinajstić information content (AvgIpc) is 2.29. The van der Waals surface area contributed by atoms with Crippen molar-refractivity contribution < 1.29 is 4.79 Å². The summed E-state index contributed by atoms with van der Waals surface area (Å²) in [6, 6.07) is 7.72. The number of hydrogen-bond donors (Lipinski definition) is 1. The second kappa shape index (κ2) is 6.92. The Morgan fingerprint density at radius 3 is 2.62 bits per heavy atom. The number of alkyl halides is 1. The first kappa shape index (κ1) is 13.5. The van der Waals surface area contributed by atoms with Gasteiger partial charge in [-0.1, -0.05) is 35.0 Å². The maximum Gasteiger partial charge on any atom is 0.224 e. The van der Waals surface area contributed by atoms with Crippen LogP contribution in [-0.2, 0) is 11.2 Å². The van der Waals surface area contributed by atoms with E-state index in [0.717, 1.165) is 16.5 Å². The highest BCUT2D eigenvalue weighted by Crippen LogP contribution is 2.10. The number of amides is 1. The quantitative estimate of drug-likeness (QED) is 0.832. The van der Waals surface area contributed by atoms with Crippen LogP contribution in [-0.4, -0.2) is 17.8 Å². The lowest BCUT2D eigenvalue weighted by molar-refractivity contribution is -0.120. The lowest BCUT2D eigenvalue weighted by atomic mass is 10.1. The Morgan fingerprint density at radius 2 is 2.06 bits per heavy atom. The van der Waals surface area contributed by atoms with Crippen molar-refractivity contribution in [1.82, 2.24) is 5.32 Å². The molecule has 0 aliphatic carbocycles. The van der Waals surface area contributed by atoms with Gasteiger partial charge in [0.1, 0.15) is 0 Å². The number of hydrogen-bond acceptors (Lipinski definition) is 1. The zero-order valence-corrected chi connectivity index (χ0v) is 11.5. The number of benzene rings is 1. The highest BCUT2D eigenvalue weighted by atomic mass is 79.9. The van der Waals surface area contributed by atoms with Crippen LogP contribution in [0.3, 0.4) is 0 Å². The summed E-state index contributed by atoms with van der Waals surface area (Å²) in [6.45, 7) is 2.53. The average molecular weight is 305 g/mol. The van der Waals surface area contributed by atoms with Gasteiger partial charge in [-0.15, -0.1) is 11.6 Å². The van der Waals surface area contributed by atoms with Crippen molar-refractivity contribution in [3.05, 3.63) is 34.3 Å². The predicted molar refractivity (Wildman–Crippen MR) is 70.8 cm³/mol. The van der Waals surface area contributed by atoms with Gasteiger partial charge in [0.15, 0.2) is 0 Å². The van der Waals surface area contributed by atoms with E-state index in [1.54, 1.807) is 0 Å². The van der Waals surface area contributed by atoms with Gasteiger partial charge in [0.05, 0.1) is 11.8 Å². The van der Waals surface area contributed by atoms with Gasteiger partial charge >= 0.3 is 0 Å². The molecule has 88 valence electrons. The molecule has 1 unspecified atom stereocenters. The number of carbonyl (C=O) groups excluding carboxylic acids is 1. The summed E-state index contributed by atoms with van der Waals surface area (Å²) in [5.41, 5.74) is 1.00. The third-order valence-corrected chi connectivity index (χ3v) is 3.23. The van der Waals surface area contributed by atoms with Crippen LogP contribution in [0.25, 0.3) is 0 Å². The number of halogens is 2. The molecule has 1 atom stereocenters. The second-order valence-corrected chi connectivity index (χ2v) is 5.15. The van der Waals surface area contributed by atoms with E-state index in [-0.39, 0.29) is 11.3 Å². The normalized spacial score (nSPS) is 12.2. The maximum atomic E-state index is 11.5. The van der Waals surface area contributed by atoms with Gasteiger partial charge in [-0.2, -0.15) is 0 Å². The molecule has 1 amide bonds. The van der Waals surface area contributed by atoms with E-state index in [2.05, 4.69) is 21.2 Å². The van der Waals surface area contributed by atoms with Crippen molar-refractivity contribution in [2.75, 3.05) is 6.54 Å². The highest BCUT2D eigenvalue weighted by molar-refractivity contribution is 9.10. The van der Waals surface area contributed by atoms with Crippen molar-refractivity contribution in [3.8, 4) is 0 Å². The van der Waals surface area contributed by atoms with Gasteiger partial charge in [0, 0.05) is 11.0 Å². The number of rotatable bonds is 5. The molecule has 2 nitrogen and oxygen atoms in total. The van der Waals surface area contributed by atoms with Crippen molar-refractivity contribution >= 4 is 33.4 Å². The van der Waals surface area contributed by atoms with Crippen LogP contribution in [0.15, 0.2) is 28.7 Å². The highest BCUT2D eigenvalue weighted by Gasteiger charge is 2.06. The van der Waals surface area contributed by atoms with Crippen LogP contribution in [0.2, 0.25) is 0 Å². The molecule has 0 spiro atoms. The van der Waals surface area contributed by atoms with Gasteiger partial charge in [-0.3, -0.25) is 4.79 Å². The molecule has 0 saturated carbocycles. The molecule has 0 aliphatic rings. The van der Waals surface area contributed by atoms with Gasteiger partial charge < -0.3 is 5.32 Å². The maximum absolute atomic E-state index is 11.5. The van der Waals surface area contributed by atoms with Crippen LogP contribution >= 0.6 is 27.5 Å². The summed E-state index contributed by atoms with van der Waals surface area (Å²) in [7, 11) is 0. The van der Waals surface area contributed by atoms with E-state index >= 15 is 0 Å². The molecule has 1 rings (SSSR count). The minimum Gasteiger partial charge on any atom is -0.354 e. The molecule has 16 heavy (non-hydrogen) atoms. The lowest BCUT2D eigenvalue weighted by Gasteiger charge is -2.08. The zero-order chi connectivity index (χ0) is 12.0. The summed E-state index contributed by atoms with van der Waals surface area (Å²) >= 11 is 9.26. The minimum atomic E-state index is 0.0152. The van der Waals surface area contributed by atoms with Crippen LogP contribution in [0.1, 0.15) is 18.9 Å². The Bertz CT molecular complexity index is 339. The van der Waals surface area contributed by atoms with Crippen LogP contribution < -0.4 is 5.32 Å². The van der Waals surface area contributed by atoms with Crippen LogP contribution in [0.5, 0.6) is 0 Å². The molecular weight excluding hydrogens is 289 g/mol. The standard InChI is InChI=1S/C12H15BrClNO/c1-2-11(14)8-15-12(16)7-9-3-5-10(13)6-4-9/h3-6,11H,2,7-8H2,1H3,(H,15,16). The van der Waals surface area contributed by atoms with Crippen molar-refractivity contribution in [2.24, 2.45) is 0 Å². The molecule has 0 fully saturated rings. The van der Waals surface area contributed by atoms with E-state index < -0.39 is 0 Å². The van der Waals surface area contributed by atoms with E-state index in [4.69, 9.17) is 11.6 Å². The Balaban J connectivity index is 2.37. The monoisotopic (exact) mass is 303 g/mol. The Morgan fingerprint density at radius 1 is 1.44 bits per heavy atom. The van der Waals surface area contributed by atoms with Crippen molar-refractivity contribution in [3.63, 3.8) is 0 Å². The molecule has 0 heterocycles. The fourth-order valence-corrected chi connectivity index (χ4v) is 1.56. The van der Waals surface area contributed by atoms with E-state index in [1.165, 1.54) is 0 Å². The SMILES string of the molecule is CCC(Cl)CNC(=O)Cc1ccc(Br)cc1. The lowest BCUT2D eigenvalue weighted by Crippen LogP contribution is -2.30. The molecular formula is C12H15BrClNO. The topological polar surface area (TPSA) is 29.1 Å². The van der Waals surface area contributed by atoms with Gasteiger partial charge in [0.25, 0.3) is 0 Å². The van der Waals surface area contributed by atoms with Gasteiger partial charge in [-0.05, 0) is 24.1 Å². The fraction of sp³-hybridized carbons (Fsp3) is 0.417. The smallest absolute Gasteiger partial charge is 0.224 e. The number of nitrogens with one attached hydrogen (secondary N) is 1. The molecule has 4 heteroatoms. The van der Waals surface area contributed by atoms with Gasteiger partial charge in [-0.25, -0.2) is 0 Å². The summed E-state index contributed by atoms with van der Waals surface area (Å²) in [6.07, 6.45) is 1.26. The first-order valence-corrected chi connectivity index (χ1v) is 6.50. The molecule has 0 aromatic heterocycles. The Kier molecular flexibility index (Phi) is 5.85. The summed E-state index contributed by atoms with van der Waals surface area (Å²) < 4.78 is 1.02. The first-order chi connectivity index (χ1) is 7.61.